The third kappa shape index (κ3) is 4.58. The summed E-state index contributed by atoms with van der Waals surface area (Å²) in [5, 5.41) is 6.12. The molecule has 0 aliphatic heterocycles. The summed E-state index contributed by atoms with van der Waals surface area (Å²) in [6.07, 6.45) is 5.22. The monoisotopic (exact) mass is 275 g/mol. The van der Waals surface area contributed by atoms with Crippen molar-refractivity contribution in [2.75, 3.05) is 19.6 Å². The molecule has 0 fully saturated rings. The summed E-state index contributed by atoms with van der Waals surface area (Å²) in [5.74, 6) is 2.95. The Bertz CT molecular complexity index is 501. The number of aliphatic imine (C=N–C) groups is 1. The molecular formula is C16H22FN3. The number of hydrogen-bond acceptors (Lipinski definition) is 1. The Morgan fingerprint density at radius 1 is 1.35 bits per heavy atom. The molecule has 0 aliphatic carbocycles. The van der Waals surface area contributed by atoms with E-state index in [-0.39, 0.29) is 11.2 Å². The molecule has 3 nitrogen and oxygen atoms in total. The Morgan fingerprint density at radius 2 is 2.05 bits per heavy atom. The van der Waals surface area contributed by atoms with Gasteiger partial charge in [0.05, 0.1) is 13.1 Å². The fraction of sp³-hybridized carbons (Fsp3) is 0.438. The van der Waals surface area contributed by atoms with Gasteiger partial charge in [-0.3, -0.25) is 4.99 Å². The van der Waals surface area contributed by atoms with Crippen molar-refractivity contribution in [2.24, 2.45) is 4.99 Å². The van der Waals surface area contributed by atoms with E-state index in [0.717, 1.165) is 6.54 Å². The van der Waals surface area contributed by atoms with E-state index in [2.05, 4.69) is 21.5 Å². The SMILES string of the molecule is C#CCNC(=NCC(C)(C)c1ccccc1F)NCC. The van der Waals surface area contributed by atoms with Crippen molar-refractivity contribution in [1.82, 2.24) is 10.6 Å². The summed E-state index contributed by atoms with van der Waals surface area (Å²) in [6, 6.07) is 6.80. The number of nitrogens with zero attached hydrogens (tertiary/aromatic N) is 1. The van der Waals surface area contributed by atoms with Crippen LogP contribution < -0.4 is 10.6 Å². The van der Waals surface area contributed by atoms with Gasteiger partial charge in [0.1, 0.15) is 5.82 Å². The zero-order valence-electron chi connectivity index (χ0n) is 12.3. The number of hydrogen-bond donors (Lipinski definition) is 2. The molecule has 4 heteroatoms. The van der Waals surface area contributed by atoms with Gasteiger partial charge in [-0.25, -0.2) is 4.39 Å². The Labute approximate surface area is 120 Å². The number of guanidine groups is 1. The Balaban J connectivity index is 2.83. The highest BCUT2D eigenvalue weighted by molar-refractivity contribution is 5.80. The van der Waals surface area contributed by atoms with Crippen molar-refractivity contribution in [3.8, 4) is 12.3 Å². The third-order valence-electron chi connectivity index (χ3n) is 2.94. The van der Waals surface area contributed by atoms with Crippen LogP contribution in [0.15, 0.2) is 29.3 Å². The fourth-order valence-corrected chi connectivity index (χ4v) is 1.85. The Hall–Kier alpha value is -2.02. The molecule has 0 spiro atoms. The van der Waals surface area contributed by atoms with Gasteiger partial charge in [0.25, 0.3) is 0 Å². The number of rotatable bonds is 5. The van der Waals surface area contributed by atoms with Gasteiger partial charge in [0, 0.05) is 12.0 Å². The lowest BCUT2D eigenvalue weighted by atomic mass is 9.84. The van der Waals surface area contributed by atoms with E-state index in [1.807, 2.05) is 26.8 Å². The Morgan fingerprint density at radius 3 is 2.65 bits per heavy atom. The van der Waals surface area contributed by atoms with E-state index >= 15 is 0 Å². The van der Waals surface area contributed by atoms with Gasteiger partial charge in [-0.05, 0) is 18.6 Å². The van der Waals surface area contributed by atoms with Crippen LogP contribution in [-0.4, -0.2) is 25.6 Å². The smallest absolute Gasteiger partial charge is 0.192 e. The molecule has 0 aromatic heterocycles. The molecule has 0 radical (unpaired) electrons. The predicted octanol–water partition coefficient (Wildman–Crippen LogP) is 2.29. The minimum absolute atomic E-state index is 0.200. The molecular weight excluding hydrogens is 253 g/mol. The highest BCUT2D eigenvalue weighted by Gasteiger charge is 2.23. The van der Waals surface area contributed by atoms with Gasteiger partial charge in [0.2, 0.25) is 0 Å². The minimum Gasteiger partial charge on any atom is -0.357 e. The molecule has 20 heavy (non-hydrogen) atoms. The maximum Gasteiger partial charge on any atom is 0.192 e. The summed E-state index contributed by atoms with van der Waals surface area (Å²) in [4.78, 5) is 4.47. The number of benzene rings is 1. The van der Waals surface area contributed by atoms with Crippen LogP contribution in [0.5, 0.6) is 0 Å². The molecule has 0 unspecified atom stereocenters. The lowest BCUT2D eigenvalue weighted by Gasteiger charge is -2.24. The van der Waals surface area contributed by atoms with Crippen LogP contribution in [0.3, 0.4) is 0 Å². The van der Waals surface area contributed by atoms with Gasteiger partial charge < -0.3 is 10.6 Å². The van der Waals surface area contributed by atoms with Gasteiger partial charge in [-0.1, -0.05) is 38.0 Å². The van der Waals surface area contributed by atoms with Crippen LogP contribution >= 0.6 is 0 Å². The molecule has 2 N–H and O–H groups in total. The summed E-state index contributed by atoms with van der Waals surface area (Å²) in [5.41, 5.74) is 0.278. The number of halogens is 1. The average Bonchev–Trinajstić information content (AvgIpc) is 2.42. The van der Waals surface area contributed by atoms with Crippen molar-refractivity contribution < 1.29 is 4.39 Å². The topological polar surface area (TPSA) is 36.4 Å². The maximum atomic E-state index is 13.9. The Kier molecular flexibility index (Phi) is 6.05. The molecule has 0 saturated heterocycles. The van der Waals surface area contributed by atoms with Crippen LogP contribution in [0, 0.1) is 18.2 Å². The highest BCUT2D eigenvalue weighted by atomic mass is 19.1. The molecule has 0 amide bonds. The zero-order valence-corrected chi connectivity index (χ0v) is 12.3. The first-order chi connectivity index (χ1) is 9.51. The van der Waals surface area contributed by atoms with E-state index in [9.17, 15) is 4.39 Å². The molecule has 1 rings (SSSR count). The molecule has 0 bridgehead atoms. The van der Waals surface area contributed by atoms with Crippen LogP contribution in [0.25, 0.3) is 0 Å². The van der Waals surface area contributed by atoms with E-state index in [4.69, 9.17) is 6.42 Å². The first-order valence-electron chi connectivity index (χ1n) is 6.72. The molecule has 108 valence electrons. The van der Waals surface area contributed by atoms with Gasteiger partial charge in [0.15, 0.2) is 5.96 Å². The zero-order chi connectivity index (χ0) is 15.0. The summed E-state index contributed by atoms with van der Waals surface area (Å²) < 4.78 is 13.9. The second-order valence-corrected chi connectivity index (χ2v) is 5.12. The van der Waals surface area contributed by atoms with E-state index in [1.54, 1.807) is 12.1 Å². The van der Waals surface area contributed by atoms with Gasteiger partial charge in [-0.15, -0.1) is 6.42 Å². The highest BCUT2D eigenvalue weighted by Crippen LogP contribution is 2.25. The molecule has 0 saturated carbocycles. The summed E-state index contributed by atoms with van der Waals surface area (Å²) in [7, 11) is 0. The van der Waals surface area contributed by atoms with Crippen LogP contribution in [0.4, 0.5) is 4.39 Å². The number of terminal acetylenes is 1. The molecule has 0 atom stereocenters. The maximum absolute atomic E-state index is 13.9. The largest absolute Gasteiger partial charge is 0.357 e. The first kappa shape index (κ1) is 16.0. The molecule has 0 aliphatic rings. The standard InChI is InChI=1S/C16H22FN3/c1-5-11-19-15(18-6-2)20-12-16(3,4)13-9-7-8-10-14(13)17/h1,7-10H,6,11-12H2,2-4H3,(H2,18,19,20). The molecule has 0 heterocycles. The summed E-state index contributed by atoms with van der Waals surface area (Å²) in [6.45, 7) is 7.55. The normalized spacial score (nSPS) is 11.8. The van der Waals surface area contributed by atoms with Crippen molar-refractivity contribution >= 4 is 5.96 Å². The van der Waals surface area contributed by atoms with E-state index in [0.29, 0.717) is 24.6 Å². The predicted molar refractivity (Wildman–Crippen MR) is 82.2 cm³/mol. The van der Waals surface area contributed by atoms with Crippen LogP contribution in [0.2, 0.25) is 0 Å². The average molecular weight is 275 g/mol. The van der Waals surface area contributed by atoms with Gasteiger partial charge >= 0.3 is 0 Å². The van der Waals surface area contributed by atoms with Crippen LogP contribution in [0.1, 0.15) is 26.3 Å². The van der Waals surface area contributed by atoms with Crippen LogP contribution in [-0.2, 0) is 5.41 Å². The fourth-order valence-electron chi connectivity index (χ4n) is 1.85. The van der Waals surface area contributed by atoms with E-state index in [1.165, 1.54) is 6.07 Å². The third-order valence-corrected chi connectivity index (χ3v) is 2.94. The number of nitrogens with one attached hydrogen (secondary N) is 2. The molecule has 1 aromatic carbocycles. The molecule has 1 aromatic rings. The minimum atomic E-state index is -0.385. The van der Waals surface area contributed by atoms with Crippen molar-refractivity contribution in [3.63, 3.8) is 0 Å². The second kappa shape index (κ2) is 7.54. The quantitative estimate of drug-likeness (QED) is 0.491. The van der Waals surface area contributed by atoms with E-state index < -0.39 is 0 Å². The lowest BCUT2D eigenvalue weighted by Crippen LogP contribution is -2.38. The first-order valence-corrected chi connectivity index (χ1v) is 6.72. The van der Waals surface area contributed by atoms with Crippen molar-refractivity contribution in [3.05, 3.63) is 35.6 Å². The van der Waals surface area contributed by atoms with Crippen molar-refractivity contribution in [1.29, 1.82) is 0 Å². The van der Waals surface area contributed by atoms with Crippen molar-refractivity contribution in [2.45, 2.75) is 26.2 Å². The second-order valence-electron chi connectivity index (χ2n) is 5.12. The van der Waals surface area contributed by atoms with Gasteiger partial charge in [-0.2, -0.15) is 0 Å². The lowest BCUT2D eigenvalue weighted by molar-refractivity contribution is 0.492. The summed E-state index contributed by atoms with van der Waals surface area (Å²) >= 11 is 0.